The zero-order valence-electron chi connectivity index (χ0n) is 12.1. The van der Waals surface area contributed by atoms with Gasteiger partial charge in [0.05, 0.1) is 6.54 Å². The van der Waals surface area contributed by atoms with Crippen LogP contribution in [0.4, 0.5) is 5.69 Å². The Morgan fingerprint density at radius 1 is 1.32 bits per heavy atom. The second kappa shape index (κ2) is 7.92. The minimum absolute atomic E-state index is 0.0306. The number of anilines is 1. The zero-order valence-corrected chi connectivity index (χ0v) is 12.1. The maximum Gasteiger partial charge on any atom is 0.238 e. The van der Waals surface area contributed by atoms with Gasteiger partial charge in [-0.1, -0.05) is 32.9 Å². The SMILES string of the molecule is CCN(CC(=O)Nc1ccc(CN)cc1)CC(C)C. The summed E-state index contributed by atoms with van der Waals surface area (Å²) in [5.41, 5.74) is 7.42. The van der Waals surface area contributed by atoms with Gasteiger partial charge < -0.3 is 11.1 Å². The molecule has 0 heterocycles. The molecule has 0 saturated heterocycles. The minimum Gasteiger partial charge on any atom is -0.326 e. The van der Waals surface area contributed by atoms with Crippen molar-refractivity contribution in [2.45, 2.75) is 27.3 Å². The molecule has 3 N–H and O–H groups in total. The fourth-order valence-electron chi connectivity index (χ4n) is 1.95. The third-order valence-electron chi connectivity index (χ3n) is 2.91. The standard InChI is InChI=1S/C15H25N3O/c1-4-18(10-12(2)3)11-15(19)17-14-7-5-13(9-16)6-8-14/h5-8,12H,4,9-11,16H2,1-3H3,(H,17,19). The van der Waals surface area contributed by atoms with E-state index < -0.39 is 0 Å². The van der Waals surface area contributed by atoms with E-state index in [1.807, 2.05) is 24.3 Å². The summed E-state index contributed by atoms with van der Waals surface area (Å²) >= 11 is 0. The minimum atomic E-state index is 0.0306. The smallest absolute Gasteiger partial charge is 0.238 e. The largest absolute Gasteiger partial charge is 0.326 e. The van der Waals surface area contributed by atoms with Crippen molar-refractivity contribution in [2.24, 2.45) is 11.7 Å². The molecule has 0 spiro atoms. The Morgan fingerprint density at radius 2 is 1.95 bits per heavy atom. The van der Waals surface area contributed by atoms with Gasteiger partial charge in [0.1, 0.15) is 0 Å². The number of hydrogen-bond donors (Lipinski definition) is 2. The van der Waals surface area contributed by atoms with Gasteiger partial charge in [0.15, 0.2) is 0 Å². The highest BCUT2D eigenvalue weighted by Crippen LogP contribution is 2.09. The van der Waals surface area contributed by atoms with Crippen LogP contribution in [0.15, 0.2) is 24.3 Å². The monoisotopic (exact) mass is 263 g/mol. The first kappa shape index (κ1) is 15.7. The Labute approximate surface area is 116 Å². The highest BCUT2D eigenvalue weighted by atomic mass is 16.2. The lowest BCUT2D eigenvalue weighted by atomic mass is 10.2. The second-order valence-electron chi connectivity index (χ2n) is 5.17. The number of nitrogens with two attached hydrogens (primary N) is 1. The highest BCUT2D eigenvalue weighted by molar-refractivity contribution is 5.92. The molecule has 1 aromatic carbocycles. The zero-order chi connectivity index (χ0) is 14.3. The van der Waals surface area contributed by atoms with Gasteiger partial charge in [-0.05, 0) is 30.2 Å². The molecule has 0 unspecified atom stereocenters. The lowest BCUT2D eigenvalue weighted by Gasteiger charge is -2.21. The Kier molecular flexibility index (Phi) is 6.53. The van der Waals surface area contributed by atoms with Crippen molar-refractivity contribution in [2.75, 3.05) is 25.0 Å². The van der Waals surface area contributed by atoms with Crippen molar-refractivity contribution in [1.29, 1.82) is 0 Å². The number of amides is 1. The molecule has 0 saturated carbocycles. The van der Waals surface area contributed by atoms with Crippen LogP contribution in [0.1, 0.15) is 26.3 Å². The van der Waals surface area contributed by atoms with Gasteiger partial charge in [-0.3, -0.25) is 9.69 Å². The van der Waals surface area contributed by atoms with Gasteiger partial charge in [0, 0.05) is 18.8 Å². The lowest BCUT2D eigenvalue weighted by molar-refractivity contribution is -0.117. The van der Waals surface area contributed by atoms with E-state index in [9.17, 15) is 4.79 Å². The summed E-state index contributed by atoms with van der Waals surface area (Å²) in [4.78, 5) is 14.1. The predicted octanol–water partition coefficient (Wildman–Crippen LogP) is 2.06. The topological polar surface area (TPSA) is 58.4 Å². The van der Waals surface area contributed by atoms with Crippen molar-refractivity contribution < 1.29 is 4.79 Å². The Balaban J connectivity index is 2.49. The second-order valence-corrected chi connectivity index (χ2v) is 5.17. The van der Waals surface area contributed by atoms with E-state index in [1.54, 1.807) is 0 Å². The molecule has 4 nitrogen and oxygen atoms in total. The van der Waals surface area contributed by atoms with Gasteiger partial charge in [-0.15, -0.1) is 0 Å². The predicted molar refractivity (Wildman–Crippen MR) is 79.9 cm³/mol. The van der Waals surface area contributed by atoms with Gasteiger partial charge >= 0.3 is 0 Å². The molecule has 1 aromatic rings. The van der Waals surface area contributed by atoms with Crippen molar-refractivity contribution in [3.63, 3.8) is 0 Å². The molecule has 0 atom stereocenters. The first-order valence-electron chi connectivity index (χ1n) is 6.86. The molecule has 1 rings (SSSR count). The van der Waals surface area contributed by atoms with Crippen LogP contribution in [0.5, 0.6) is 0 Å². The number of likely N-dealkylation sites (N-methyl/N-ethyl adjacent to an activating group) is 1. The summed E-state index contributed by atoms with van der Waals surface area (Å²) < 4.78 is 0. The molecule has 0 bridgehead atoms. The molecule has 4 heteroatoms. The number of carbonyl (C=O) groups is 1. The van der Waals surface area contributed by atoms with Gasteiger partial charge in [-0.2, -0.15) is 0 Å². The van der Waals surface area contributed by atoms with E-state index in [0.29, 0.717) is 19.0 Å². The van der Waals surface area contributed by atoms with E-state index in [4.69, 9.17) is 5.73 Å². The third-order valence-corrected chi connectivity index (χ3v) is 2.91. The molecule has 106 valence electrons. The van der Waals surface area contributed by atoms with Gasteiger partial charge in [0.2, 0.25) is 5.91 Å². The molecular weight excluding hydrogens is 238 g/mol. The molecule has 1 amide bonds. The maximum atomic E-state index is 11.9. The summed E-state index contributed by atoms with van der Waals surface area (Å²) in [7, 11) is 0. The summed E-state index contributed by atoms with van der Waals surface area (Å²) in [5, 5.41) is 2.91. The van der Waals surface area contributed by atoms with Crippen LogP contribution in [0.25, 0.3) is 0 Å². The first-order valence-corrected chi connectivity index (χ1v) is 6.86. The first-order chi connectivity index (χ1) is 9.05. The van der Waals surface area contributed by atoms with Crippen molar-refractivity contribution in [3.8, 4) is 0 Å². The number of benzene rings is 1. The molecule has 0 aliphatic rings. The molecule has 0 radical (unpaired) electrons. The average molecular weight is 263 g/mol. The van der Waals surface area contributed by atoms with Crippen molar-refractivity contribution in [1.82, 2.24) is 4.90 Å². The number of nitrogens with one attached hydrogen (secondary N) is 1. The normalized spacial score (nSPS) is 11.1. The Morgan fingerprint density at radius 3 is 2.42 bits per heavy atom. The highest BCUT2D eigenvalue weighted by Gasteiger charge is 2.10. The average Bonchev–Trinajstić information content (AvgIpc) is 2.38. The van der Waals surface area contributed by atoms with Crippen LogP contribution in [-0.2, 0) is 11.3 Å². The number of rotatable bonds is 7. The lowest BCUT2D eigenvalue weighted by Crippen LogP contribution is -2.35. The molecule has 19 heavy (non-hydrogen) atoms. The van der Waals surface area contributed by atoms with E-state index in [-0.39, 0.29) is 5.91 Å². The molecular formula is C15H25N3O. The van der Waals surface area contributed by atoms with Crippen LogP contribution in [0.3, 0.4) is 0 Å². The summed E-state index contributed by atoms with van der Waals surface area (Å²) in [6.45, 7) is 9.18. The quantitative estimate of drug-likeness (QED) is 0.791. The fourth-order valence-corrected chi connectivity index (χ4v) is 1.95. The van der Waals surface area contributed by atoms with Crippen LogP contribution >= 0.6 is 0 Å². The van der Waals surface area contributed by atoms with E-state index in [1.165, 1.54) is 0 Å². The number of carbonyl (C=O) groups excluding carboxylic acids is 1. The number of hydrogen-bond acceptors (Lipinski definition) is 3. The van der Waals surface area contributed by atoms with E-state index in [2.05, 4.69) is 31.0 Å². The summed E-state index contributed by atoms with van der Waals surface area (Å²) in [6, 6.07) is 7.64. The Hall–Kier alpha value is -1.39. The van der Waals surface area contributed by atoms with E-state index >= 15 is 0 Å². The van der Waals surface area contributed by atoms with Gasteiger partial charge in [0.25, 0.3) is 0 Å². The summed E-state index contributed by atoms with van der Waals surface area (Å²) in [5.74, 6) is 0.597. The van der Waals surface area contributed by atoms with Crippen molar-refractivity contribution >= 4 is 11.6 Å². The van der Waals surface area contributed by atoms with Crippen LogP contribution in [0.2, 0.25) is 0 Å². The maximum absolute atomic E-state index is 11.9. The third kappa shape index (κ3) is 5.85. The number of nitrogens with zero attached hydrogens (tertiary/aromatic N) is 1. The van der Waals surface area contributed by atoms with Crippen LogP contribution in [-0.4, -0.2) is 30.4 Å². The molecule has 0 aliphatic carbocycles. The fraction of sp³-hybridized carbons (Fsp3) is 0.533. The van der Waals surface area contributed by atoms with Gasteiger partial charge in [-0.25, -0.2) is 0 Å². The molecule has 0 fully saturated rings. The van der Waals surface area contributed by atoms with E-state index in [0.717, 1.165) is 24.3 Å². The molecule has 0 aliphatic heterocycles. The van der Waals surface area contributed by atoms with Crippen LogP contribution < -0.4 is 11.1 Å². The van der Waals surface area contributed by atoms with Crippen molar-refractivity contribution in [3.05, 3.63) is 29.8 Å². The Bertz CT molecular complexity index is 387. The summed E-state index contributed by atoms with van der Waals surface area (Å²) in [6.07, 6.45) is 0. The molecule has 0 aromatic heterocycles. The van der Waals surface area contributed by atoms with Crippen LogP contribution in [0, 0.1) is 5.92 Å².